The Morgan fingerprint density at radius 2 is 2.00 bits per heavy atom. The molecule has 0 bridgehead atoms. The molecule has 6 nitrogen and oxygen atoms in total. The van der Waals surface area contributed by atoms with Crippen LogP contribution >= 0.6 is 11.3 Å². The molecule has 2 aromatic heterocycles. The summed E-state index contributed by atoms with van der Waals surface area (Å²) < 4.78 is 41.8. The molecule has 0 aliphatic rings. The van der Waals surface area contributed by atoms with Gasteiger partial charge in [-0.1, -0.05) is 24.3 Å². The van der Waals surface area contributed by atoms with E-state index in [1.807, 2.05) is 47.8 Å². The Kier molecular flexibility index (Phi) is 5.96. The molecule has 0 fully saturated rings. The van der Waals surface area contributed by atoms with Crippen LogP contribution in [0.2, 0.25) is 0 Å². The number of benzene rings is 2. The molecule has 2 atom stereocenters. The number of thiophene rings is 1. The van der Waals surface area contributed by atoms with Crippen LogP contribution in [0.3, 0.4) is 0 Å². The lowest BCUT2D eigenvalue weighted by Crippen LogP contribution is -2.26. The number of hydrogen-bond donors (Lipinski definition) is 3. The van der Waals surface area contributed by atoms with Crippen LogP contribution in [0.1, 0.15) is 5.56 Å². The summed E-state index contributed by atoms with van der Waals surface area (Å²) >= 11 is -0.838. The first-order chi connectivity index (χ1) is 14.5. The number of ether oxygens (including phenoxy) is 1. The molecule has 4 aromatic rings. The van der Waals surface area contributed by atoms with E-state index in [0.29, 0.717) is 10.4 Å². The van der Waals surface area contributed by atoms with Gasteiger partial charge in [0.15, 0.2) is 0 Å². The monoisotopic (exact) mass is 446 g/mol. The summed E-state index contributed by atoms with van der Waals surface area (Å²) in [6, 6.07) is 13.0. The summed E-state index contributed by atoms with van der Waals surface area (Å²) in [7, 11) is 1.60. The number of fused-ring (bicyclic) bond motifs is 3. The minimum atomic E-state index is -2.23. The molecule has 0 amide bonds. The van der Waals surface area contributed by atoms with Gasteiger partial charge in [0.05, 0.1) is 7.11 Å². The van der Waals surface area contributed by atoms with E-state index in [1.165, 1.54) is 11.3 Å². The number of alkyl halides is 1. The molecule has 0 radical (unpaired) electrons. The smallest absolute Gasteiger partial charge is 0.266 e. The zero-order valence-corrected chi connectivity index (χ0v) is 17.6. The van der Waals surface area contributed by atoms with E-state index in [4.69, 9.17) is 9.29 Å². The van der Waals surface area contributed by atoms with Crippen LogP contribution in [0.5, 0.6) is 5.75 Å². The molecule has 0 saturated carbocycles. The molecular weight excluding hydrogens is 427 g/mol. The number of halogens is 1. The molecular formula is C21H19FN2O4S2. The van der Waals surface area contributed by atoms with Crippen LogP contribution in [0, 0.1) is 0 Å². The molecule has 0 aliphatic carbocycles. The quantitative estimate of drug-likeness (QED) is 0.374. The van der Waals surface area contributed by atoms with Crippen molar-refractivity contribution in [3.63, 3.8) is 0 Å². The third kappa shape index (κ3) is 4.01. The van der Waals surface area contributed by atoms with Gasteiger partial charge < -0.3 is 9.72 Å². The van der Waals surface area contributed by atoms with Crippen molar-refractivity contribution in [3.05, 3.63) is 63.8 Å². The number of aromatic nitrogens is 1. The molecule has 156 valence electrons. The predicted molar refractivity (Wildman–Crippen MR) is 119 cm³/mol. The van der Waals surface area contributed by atoms with Gasteiger partial charge in [-0.15, -0.1) is 11.3 Å². The Balaban J connectivity index is 1.76. The molecule has 2 heterocycles. The molecule has 0 saturated heterocycles. The molecule has 2 aromatic carbocycles. The van der Waals surface area contributed by atoms with E-state index in [0.717, 1.165) is 33.0 Å². The van der Waals surface area contributed by atoms with Gasteiger partial charge in [-0.25, -0.2) is 13.3 Å². The third-order valence-electron chi connectivity index (χ3n) is 4.90. The lowest BCUT2D eigenvalue weighted by molar-refractivity contribution is 0.330. The summed E-state index contributed by atoms with van der Waals surface area (Å²) in [6.45, 7) is -0.203. The van der Waals surface area contributed by atoms with Gasteiger partial charge in [0.1, 0.15) is 16.6 Å². The Morgan fingerprint density at radius 1 is 1.23 bits per heavy atom. The maximum atomic E-state index is 14.0. The molecule has 2 unspecified atom stereocenters. The van der Waals surface area contributed by atoms with E-state index in [9.17, 15) is 13.4 Å². The van der Waals surface area contributed by atoms with Crippen LogP contribution < -0.4 is 15.0 Å². The van der Waals surface area contributed by atoms with Crippen molar-refractivity contribution in [2.24, 2.45) is 0 Å². The van der Waals surface area contributed by atoms with Gasteiger partial charge in [-0.05, 0) is 34.7 Å². The second-order valence-electron chi connectivity index (χ2n) is 6.78. The number of nitrogens with one attached hydrogen (secondary N) is 2. The van der Waals surface area contributed by atoms with Crippen molar-refractivity contribution in [1.29, 1.82) is 0 Å². The van der Waals surface area contributed by atoms with Gasteiger partial charge in [-0.2, -0.15) is 0 Å². The highest BCUT2D eigenvalue weighted by Crippen LogP contribution is 2.40. The average molecular weight is 447 g/mol. The summed E-state index contributed by atoms with van der Waals surface area (Å²) in [5.74, 6) is 0.674. The lowest BCUT2D eigenvalue weighted by Gasteiger charge is -2.14. The first-order valence-electron chi connectivity index (χ1n) is 9.16. The normalized spacial score (nSPS) is 13.6. The van der Waals surface area contributed by atoms with Gasteiger partial charge in [0.2, 0.25) is 11.3 Å². The van der Waals surface area contributed by atoms with Crippen molar-refractivity contribution in [2.45, 2.75) is 12.6 Å². The Labute approximate surface area is 178 Å². The van der Waals surface area contributed by atoms with Crippen molar-refractivity contribution >= 4 is 43.6 Å². The third-order valence-corrected chi connectivity index (χ3v) is 6.23. The summed E-state index contributed by atoms with van der Waals surface area (Å²) in [6.07, 6.45) is -1.16. The maximum absolute atomic E-state index is 14.0. The van der Waals surface area contributed by atoms with Crippen LogP contribution in [-0.2, 0) is 17.7 Å². The van der Waals surface area contributed by atoms with Crippen molar-refractivity contribution < 1.29 is 17.9 Å². The summed E-state index contributed by atoms with van der Waals surface area (Å²) in [4.78, 5) is 15.3. The highest BCUT2D eigenvalue weighted by molar-refractivity contribution is 7.77. The minimum Gasteiger partial charge on any atom is -0.496 e. The van der Waals surface area contributed by atoms with Crippen molar-refractivity contribution in [2.75, 3.05) is 13.7 Å². The topological polar surface area (TPSA) is 91.4 Å². The maximum Gasteiger partial charge on any atom is 0.266 e. The van der Waals surface area contributed by atoms with E-state index in [2.05, 4.69) is 9.71 Å². The van der Waals surface area contributed by atoms with E-state index in [1.54, 1.807) is 7.11 Å². The van der Waals surface area contributed by atoms with Gasteiger partial charge >= 0.3 is 0 Å². The van der Waals surface area contributed by atoms with E-state index >= 15 is 0 Å². The number of H-pyrrole nitrogens is 1. The molecule has 4 rings (SSSR count). The molecule has 0 aliphatic heterocycles. The number of rotatable bonds is 7. The lowest BCUT2D eigenvalue weighted by atomic mass is 9.96. The van der Waals surface area contributed by atoms with Gasteiger partial charge in [-0.3, -0.25) is 9.35 Å². The Bertz CT molecular complexity index is 1280. The number of aromatic amines is 1. The largest absolute Gasteiger partial charge is 0.496 e. The van der Waals surface area contributed by atoms with E-state index < -0.39 is 17.4 Å². The van der Waals surface area contributed by atoms with Gasteiger partial charge in [0, 0.05) is 34.8 Å². The first kappa shape index (κ1) is 20.7. The summed E-state index contributed by atoms with van der Waals surface area (Å²) in [5.41, 5.74) is 3.11. The fraction of sp³-hybridized carbons (Fsp3) is 0.190. The zero-order chi connectivity index (χ0) is 21.3. The van der Waals surface area contributed by atoms with E-state index in [-0.39, 0.29) is 18.5 Å². The minimum absolute atomic E-state index is 0.120. The number of methoxy groups -OCH3 is 1. The Morgan fingerprint density at radius 3 is 2.70 bits per heavy atom. The highest BCUT2D eigenvalue weighted by atomic mass is 32.2. The Hall–Kier alpha value is -2.59. The zero-order valence-electron chi connectivity index (χ0n) is 16.0. The SMILES string of the molecule is COc1ccc2[nH]c(=O)c3sccc3c2c1-c1ccc(CC(F)CNS(=O)O)cc1. The highest BCUT2D eigenvalue weighted by Gasteiger charge is 2.16. The first-order valence-corrected chi connectivity index (χ1v) is 11.1. The second kappa shape index (κ2) is 8.65. The predicted octanol–water partition coefficient (Wildman–Crippen LogP) is 4.03. The summed E-state index contributed by atoms with van der Waals surface area (Å²) in [5, 5.41) is 3.65. The molecule has 0 spiro atoms. The standard InChI is InChI=1S/C21H19FN2O4S2/c1-28-17-7-6-16-19(15-8-9-29-20(15)21(25)24-16)18(17)13-4-2-12(3-5-13)10-14(22)11-23-30(26)27/h2-9,14,23H,10-11H2,1H3,(H,24,25)(H,26,27). The molecule has 30 heavy (non-hydrogen) atoms. The fourth-order valence-electron chi connectivity index (χ4n) is 3.58. The molecule has 9 heteroatoms. The average Bonchev–Trinajstić information content (AvgIpc) is 3.23. The second-order valence-corrected chi connectivity index (χ2v) is 8.48. The van der Waals surface area contributed by atoms with Crippen molar-refractivity contribution in [1.82, 2.24) is 9.71 Å². The number of pyridine rings is 1. The van der Waals surface area contributed by atoms with Gasteiger partial charge in [0.25, 0.3) is 5.56 Å². The fourth-order valence-corrected chi connectivity index (χ4v) is 4.70. The van der Waals surface area contributed by atoms with Crippen LogP contribution in [0.25, 0.3) is 32.1 Å². The molecule has 3 N–H and O–H groups in total. The van der Waals surface area contributed by atoms with Crippen LogP contribution in [-0.4, -0.2) is 33.6 Å². The van der Waals surface area contributed by atoms with Crippen LogP contribution in [0.4, 0.5) is 4.39 Å². The van der Waals surface area contributed by atoms with Crippen LogP contribution in [0.15, 0.2) is 52.6 Å². The number of hydrogen-bond acceptors (Lipinski definition) is 4. The van der Waals surface area contributed by atoms with Crippen molar-refractivity contribution in [3.8, 4) is 16.9 Å².